The van der Waals surface area contributed by atoms with Crippen molar-refractivity contribution < 1.29 is 13.9 Å². The summed E-state index contributed by atoms with van der Waals surface area (Å²) in [7, 11) is 0. The smallest absolute Gasteiger partial charge is 0.312 e. The fourth-order valence-corrected chi connectivity index (χ4v) is 2.61. The Balaban J connectivity index is 2.11. The highest BCUT2D eigenvalue weighted by Crippen LogP contribution is 2.50. The third kappa shape index (κ3) is 3.78. The number of hydrogen-bond acceptors (Lipinski definition) is 2. The van der Waals surface area contributed by atoms with Crippen LogP contribution in [0.3, 0.4) is 0 Å². The van der Waals surface area contributed by atoms with Crippen molar-refractivity contribution in [3.63, 3.8) is 0 Å². The maximum absolute atomic E-state index is 13.3. The van der Waals surface area contributed by atoms with Gasteiger partial charge >= 0.3 is 5.97 Å². The molecule has 0 amide bonds. The van der Waals surface area contributed by atoms with Gasteiger partial charge in [-0.25, -0.2) is 4.39 Å². The molecule has 0 aromatic heterocycles. The summed E-state index contributed by atoms with van der Waals surface area (Å²) in [5.41, 5.74) is -0.0920. The summed E-state index contributed by atoms with van der Waals surface area (Å²) in [6.07, 6.45) is 2.17. The Labute approximate surface area is 121 Å². The van der Waals surface area contributed by atoms with E-state index in [1.807, 2.05) is 26.8 Å². The van der Waals surface area contributed by atoms with Gasteiger partial charge in [-0.1, -0.05) is 15.9 Å². The number of esters is 1. The second kappa shape index (κ2) is 4.89. The normalized spacial score (nSPS) is 17.1. The molecule has 1 aromatic carbocycles. The number of rotatable bonds is 3. The van der Waals surface area contributed by atoms with Gasteiger partial charge in [0, 0.05) is 4.47 Å². The highest BCUT2D eigenvalue weighted by molar-refractivity contribution is 9.10. The average molecular weight is 329 g/mol. The molecular weight excluding hydrogens is 311 g/mol. The summed E-state index contributed by atoms with van der Waals surface area (Å²) < 4.78 is 19.5. The van der Waals surface area contributed by atoms with Crippen LogP contribution in [0, 0.1) is 11.2 Å². The van der Waals surface area contributed by atoms with Crippen molar-refractivity contribution in [3.05, 3.63) is 34.1 Å². The van der Waals surface area contributed by atoms with Crippen molar-refractivity contribution >= 4 is 21.9 Å². The summed E-state index contributed by atoms with van der Waals surface area (Å²) >= 11 is 3.27. The van der Waals surface area contributed by atoms with Crippen molar-refractivity contribution in [2.24, 2.45) is 5.41 Å². The van der Waals surface area contributed by atoms with Crippen LogP contribution in [0.15, 0.2) is 22.7 Å². The van der Waals surface area contributed by atoms with E-state index in [0.29, 0.717) is 10.9 Å². The van der Waals surface area contributed by atoms with Crippen molar-refractivity contribution in [2.45, 2.75) is 45.6 Å². The molecule has 2 nitrogen and oxygen atoms in total. The molecule has 4 heteroatoms. The van der Waals surface area contributed by atoms with Gasteiger partial charge < -0.3 is 4.74 Å². The van der Waals surface area contributed by atoms with E-state index in [4.69, 9.17) is 4.74 Å². The van der Waals surface area contributed by atoms with E-state index in [0.717, 1.165) is 18.4 Å². The largest absolute Gasteiger partial charge is 0.460 e. The first kappa shape index (κ1) is 14.5. The fraction of sp³-hybridized carbons (Fsp3) is 0.533. The molecular formula is C15H18BrFO2. The molecule has 0 spiro atoms. The molecule has 0 saturated heterocycles. The second-order valence-electron chi connectivity index (χ2n) is 6.24. The second-order valence-corrected chi connectivity index (χ2v) is 7.15. The summed E-state index contributed by atoms with van der Waals surface area (Å²) in [6.45, 7) is 5.58. The van der Waals surface area contributed by atoms with E-state index in [1.165, 1.54) is 12.1 Å². The number of carbonyl (C=O) groups is 1. The summed E-state index contributed by atoms with van der Waals surface area (Å²) in [5.74, 6) is -0.454. The fourth-order valence-electron chi connectivity index (χ4n) is 2.09. The zero-order chi connectivity index (χ0) is 14.3. The van der Waals surface area contributed by atoms with Crippen LogP contribution < -0.4 is 0 Å². The van der Waals surface area contributed by atoms with Crippen LogP contribution in [0.25, 0.3) is 0 Å². The van der Waals surface area contributed by atoms with Crippen LogP contribution in [0.4, 0.5) is 4.39 Å². The van der Waals surface area contributed by atoms with Gasteiger partial charge in [-0.15, -0.1) is 0 Å². The predicted octanol–water partition coefficient (Wildman–Crippen LogP) is 4.25. The molecule has 1 aliphatic rings. The molecule has 0 unspecified atom stereocenters. The molecule has 1 saturated carbocycles. The minimum atomic E-state index is -0.477. The van der Waals surface area contributed by atoms with Gasteiger partial charge in [-0.3, -0.25) is 4.79 Å². The van der Waals surface area contributed by atoms with E-state index in [-0.39, 0.29) is 11.8 Å². The minimum Gasteiger partial charge on any atom is -0.460 e. The third-order valence-corrected chi connectivity index (χ3v) is 3.61. The average Bonchev–Trinajstić information content (AvgIpc) is 2.94. The Morgan fingerprint density at radius 1 is 1.37 bits per heavy atom. The molecule has 0 heterocycles. The number of hydrogen-bond donors (Lipinski definition) is 0. The van der Waals surface area contributed by atoms with Crippen LogP contribution >= 0.6 is 15.9 Å². The van der Waals surface area contributed by atoms with Gasteiger partial charge in [0.25, 0.3) is 0 Å². The zero-order valence-corrected chi connectivity index (χ0v) is 13.0. The van der Waals surface area contributed by atoms with Gasteiger partial charge in [0.15, 0.2) is 0 Å². The predicted molar refractivity (Wildman–Crippen MR) is 75.3 cm³/mol. The van der Waals surface area contributed by atoms with Gasteiger partial charge in [0.05, 0.1) is 5.41 Å². The third-order valence-electron chi connectivity index (χ3n) is 3.15. The first-order valence-electron chi connectivity index (χ1n) is 6.39. The molecule has 0 atom stereocenters. The molecule has 1 fully saturated rings. The van der Waals surface area contributed by atoms with E-state index < -0.39 is 11.0 Å². The molecule has 2 rings (SSSR count). The van der Waals surface area contributed by atoms with Crippen LogP contribution in [-0.4, -0.2) is 11.6 Å². The Bertz CT molecular complexity index is 481. The van der Waals surface area contributed by atoms with Crippen LogP contribution in [-0.2, 0) is 16.0 Å². The molecule has 0 N–H and O–H groups in total. The monoisotopic (exact) mass is 328 g/mol. The van der Waals surface area contributed by atoms with Crippen LogP contribution in [0.5, 0.6) is 0 Å². The van der Waals surface area contributed by atoms with E-state index in [2.05, 4.69) is 15.9 Å². The molecule has 104 valence electrons. The zero-order valence-electron chi connectivity index (χ0n) is 11.4. The Morgan fingerprint density at radius 2 is 2.00 bits per heavy atom. The summed E-state index contributed by atoms with van der Waals surface area (Å²) in [5, 5.41) is 0. The SMILES string of the molecule is CC(C)(C)OC(=O)C1(Cc2cc(F)cc(Br)c2)CC1. The van der Waals surface area contributed by atoms with E-state index >= 15 is 0 Å². The van der Waals surface area contributed by atoms with Crippen molar-refractivity contribution in [1.29, 1.82) is 0 Å². The van der Waals surface area contributed by atoms with Gasteiger partial charge in [-0.05, 0) is 63.8 Å². The van der Waals surface area contributed by atoms with Crippen LogP contribution in [0.1, 0.15) is 39.2 Å². The van der Waals surface area contributed by atoms with Crippen molar-refractivity contribution in [3.8, 4) is 0 Å². The molecule has 1 aromatic rings. The Kier molecular flexibility index (Phi) is 3.74. The molecule has 0 aliphatic heterocycles. The number of carbonyl (C=O) groups excluding carboxylic acids is 1. The summed E-state index contributed by atoms with van der Waals surface area (Å²) in [4.78, 5) is 12.2. The first-order valence-corrected chi connectivity index (χ1v) is 7.18. The van der Waals surface area contributed by atoms with Crippen molar-refractivity contribution in [2.75, 3.05) is 0 Å². The standard InChI is InChI=1S/C15H18BrFO2/c1-14(2,3)19-13(18)15(4-5-15)9-10-6-11(16)8-12(17)7-10/h6-8H,4-5,9H2,1-3H3. The number of benzene rings is 1. The maximum Gasteiger partial charge on any atom is 0.312 e. The van der Waals surface area contributed by atoms with Crippen LogP contribution in [0.2, 0.25) is 0 Å². The highest BCUT2D eigenvalue weighted by atomic mass is 79.9. The van der Waals surface area contributed by atoms with E-state index in [9.17, 15) is 9.18 Å². The Morgan fingerprint density at radius 3 is 2.47 bits per heavy atom. The van der Waals surface area contributed by atoms with Gasteiger partial charge in [-0.2, -0.15) is 0 Å². The lowest BCUT2D eigenvalue weighted by Gasteiger charge is -2.23. The topological polar surface area (TPSA) is 26.3 Å². The molecule has 0 radical (unpaired) electrons. The molecule has 0 bridgehead atoms. The number of ether oxygens (including phenoxy) is 1. The van der Waals surface area contributed by atoms with Gasteiger partial charge in [0.1, 0.15) is 11.4 Å². The van der Waals surface area contributed by atoms with E-state index in [1.54, 1.807) is 0 Å². The first-order chi connectivity index (χ1) is 8.70. The lowest BCUT2D eigenvalue weighted by Crippen LogP contribution is -2.30. The van der Waals surface area contributed by atoms with Gasteiger partial charge in [0.2, 0.25) is 0 Å². The van der Waals surface area contributed by atoms with Crippen molar-refractivity contribution in [1.82, 2.24) is 0 Å². The highest BCUT2D eigenvalue weighted by Gasteiger charge is 2.52. The number of halogens is 2. The lowest BCUT2D eigenvalue weighted by atomic mass is 9.96. The quantitative estimate of drug-likeness (QED) is 0.775. The Hall–Kier alpha value is -0.900. The minimum absolute atomic E-state index is 0.166. The lowest BCUT2D eigenvalue weighted by molar-refractivity contribution is -0.161. The molecule has 1 aliphatic carbocycles. The summed E-state index contributed by atoms with van der Waals surface area (Å²) in [6, 6.07) is 4.75. The maximum atomic E-state index is 13.3. The molecule has 19 heavy (non-hydrogen) atoms.